The number of benzene rings is 1. The van der Waals surface area contributed by atoms with Crippen molar-refractivity contribution in [3.8, 4) is 5.75 Å². The van der Waals surface area contributed by atoms with Crippen molar-refractivity contribution >= 4 is 10.0 Å². The van der Waals surface area contributed by atoms with Crippen LogP contribution in [0.25, 0.3) is 0 Å². The van der Waals surface area contributed by atoms with Crippen molar-refractivity contribution in [2.75, 3.05) is 20.2 Å². The number of ether oxygens (including phenoxy) is 1. The lowest BCUT2D eigenvalue weighted by Gasteiger charge is -2.16. The zero-order chi connectivity index (χ0) is 13.7. The molecule has 1 atom stereocenters. The molecule has 1 saturated heterocycles. The Kier molecular flexibility index (Phi) is 4.79. The van der Waals surface area contributed by atoms with E-state index in [-0.39, 0.29) is 10.9 Å². The average molecular weight is 284 g/mol. The standard InChI is InChI=1S/C13H20N2O3S/c1-18-12-5-7-13(8-6-12)19(16,17)15-11-4-2-3-9-14-10-11/h5-8,11,14-15H,2-4,9-10H2,1H3. The minimum absolute atomic E-state index is 0.0328. The molecule has 19 heavy (non-hydrogen) atoms. The van der Waals surface area contributed by atoms with Gasteiger partial charge in [-0.3, -0.25) is 0 Å². The number of nitrogens with one attached hydrogen (secondary N) is 2. The summed E-state index contributed by atoms with van der Waals surface area (Å²) >= 11 is 0. The maximum atomic E-state index is 12.2. The third kappa shape index (κ3) is 3.92. The second kappa shape index (κ2) is 6.36. The van der Waals surface area contributed by atoms with E-state index in [9.17, 15) is 8.42 Å². The molecule has 2 N–H and O–H groups in total. The monoisotopic (exact) mass is 284 g/mol. The molecule has 6 heteroatoms. The molecule has 1 aromatic carbocycles. The summed E-state index contributed by atoms with van der Waals surface area (Å²) in [6.07, 6.45) is 3.02. The zero-order valence-corrected chi connectivity index (χ0v) is 11.9. The van der Waals surface area contributed by atoms with Gasteiger partial charge in [-0.25, -0.2) is 13.1 Å². The van der Waals surface area contributed by atoms with Crippen molar-refractivity contribution in [1.29, 1.82) is 0 Å². The molecule has 1 heterocycles. The quantitative estimate of drug-likeness (QED) is 0.869. The van der Waals surface area contributed by atoms with Crippen molar-refractivity contribution in [3.63, 3.8) is 0 Å². The van der Waals surface area contributed by atoms with Gasteiger partial charge in [0.1, 0.15) is 5.75 Å². The fourth-order valence-corrected chi connectivity index (χ4v) is 3.43. The van der Waals surface area contributed by atoms with Crippen molar-refractivity contribution in [3.05, 3.63) is 24.3 Å². The van der Waals surface area contributed by atoms with E-state index in [2.05, 4.69) is 10.0 Å². The van der Waals surface area contributed by atoms with Gasteiger partial charge in [0, 0.05) is 12.6 Å². The van der Waals surface area contributed by atoms with Gasteiger partial charge >= 0.3 is 0 Å². The van der Waals surface area contributed by atoms with E-state index in [4.69, 9.17) is 4.74 Å². The molecule has 0 spiro atoms. The van der Waals surface area contributed by atoms with Crippen LogP contribution in [0.3, 0.4) is 0 Å². The first-order valence-electron chi connectivity index (χ1n) is 6.49. The topological polar surface area (TPSA) is 67.4 Å². The minimum atomic E-state index is -3.45. The minimum Gasteiger partial charge on any atom is -0.497 e. The van der Waals surface area contributed by atoms with Gasteiger partial charge in [-0.2, -0.15) is 0 Å². The van der Waals surface area contributed by atoms with E-state index in [0.29, 0.717) is 12.3 Å². The molecule has 0 saturated carbocycles. The summed E-state index contributed by atoms with van der Waals surface area (Å²) in [4.78, 5) is 0.276. The second-order valence-corrected chi connectivity index (χ2v) is 6.41. The van der Waals surface area contributed by atoms with E-state index in [1.807, 2.05) is 0 Å². The fourth-order valence-electron chi connectivity index (χ4n) is 2.16. The van der Waals surface area contributed by atoms with Gasteiger partial charge in [0.2, 0.25) is 10.0 Å². The molecule has 2 rings (SSSR count). The first-order chi connectivity index (χ1) is 9.12. The highest BCUT2D eigenvalue weighted by molar-refractivity contribution is 7.89. The highest BCUT2D eigenvalue weighted by atomic mass is 32.2. The molecule has 0 aromatic heterocycles. The number of hydrogen-bond donors (Lipinski definition) is 2. The molecule has 0 aliphatic carbocycles. The maximum absolute atomic E-state index is 12.2. The summed E-state index contributed by atoms with van der Waals surface area (Å²) in [5.41, 5.74) is 0. The van der Waals surface area contributed by atoms with Gasteiger partial charge in [-0.05, 0) is 43.7 Å². The largest absolute Gasteiger partial charge is 0.497 e. The van der Waals surface area contributed by atoms with Crippen LogP contribution < -0.4 is 14.8 Å². The highest BCUT2D eigenvalue weighted by Gasteiger charge is 2.20. The Morgan fingerprint density at radius 3 is 2.68 bits per heavy atom. The van der Waals surface area contributed by atoms with Gasteiger partial charge in [0.25, 0.3) is 0 Å². The lowest BCUT2D eigenvalue weighted by molar-refractivity contribution is 0.414. The predicted octanol–water partition coefficient (Wildman–Crippen LogP) is 1.12. The Bertz CT molecular complexity index is 491. The SMILES string of the molecule is COc1ccc(S(=O)(=O)NC2CCCCNC2)cc1. The summed E-state index contributed by atoms with van der Waals surface area (Å²) in [5.74, 6) is 0.648. The molecule has 5 nitrogen and oxygen atoms in total. The van der Waals surface area contributed by atoms with Crippen LogP contribution in [0.15, 0.2) is 29.2 Å². The molecular formula is C13H20N2O3S. The van der Waals surface area contributed by atoms with Crippen LogP contribution in [-0.2, 0) is 10.0 Å². The van der Waals surface area contributed by atoms with Gasteiger partial charge in [-0.1, -0.05) is 6.42 Å². The summed E-state index contributed by atoms with van der Waals surface area (Å²) in [7, 11) is -1.89. The molecule has 0 amide bonds. The maximum Gasteiger partial charge on any atom is 0.240 e. The van der Waals surface area contributed by atoms with Crippen LogP contribution in [0, 0.1) is 0 Å². The summed E-state index contributed by atoms with van der Waals surface area (Å²) in [6, 6.07) is 6.39. The van der Waals surface area contributed by atoms with Crippen molar-refractivity contribution in [2.24, 2.45) is 0 Å². The Labute approximate surface area is 114 Å². The van der Waals surface area contributed by atoms with Crippen LogP contribution in [0.4, 0.5) is 0 Å². The molecular weight excluding hydrogens is 264 g/mol. The molecule has 1 unspecified atom stereocenters. The first kappa shape index (κ1) is 14.3. The normalized spacial score (nSPS) is 20.8. The Morgan fingerprint density at radius 2 is 2.00 bits per heavy atom. The molecule has 106 valence electrons. The lowest BCUT2D eigenvalue weighted by atomic mass is 10.2. The van der Waals surface area contributed by atoms with Crippen molar-refractivity contribution in [1.82, 2.24) is 10.0 Å². The van der Waals surface area contributed by atoms with E-state index in [0.717, 1.165) is 25.8 Å². The predicted molar refractivity (Wildman–Crippen MR) is 73.8 cm³/mol. The summed E-state index contributed by atoms with van der Waals surface area (Å²) < 4.78 is 32.2. The van der Waals surface area contributed by atoms with E-state index >= 15 is 0 Å². The molecule has 0 radical (unpaired) electrons. The molecule has 1 aliphatic rings. The molecule has 1 aromatic rings. The summed E-state index contributed by atoms with van der Waals surface area (Å²) in [6.45, 7) is 1.65. The van der Waals surface area contributed by atoms with Gasteiger partial charge < -0.3 is 10.1 Å². The zero-order valence-electron chi connectivity index (χ0n) is 11.1. The van der Waals surface area contributed by atoms with E-state index in [1.165, 1.54) is 0 Å². The Balaban J connectivity index is 2.07. The Morgan fingerprint density at radius 1 is 1.26 bits per heavy atom. The number of hydrogen-bond acceptors (Lipinski definition) is 4. The average Bonchev–Trinajstić information content (AvgIpc) is 2.67. The van der Waals surface area contributed by atoms with Crippen LogP contribution in [-0.4, -0.2) is 34.7 Å². The smallest absolute Gasteiger partial charge is 0.240 e. The molecule has 1 aliphatic heterocycles. The van der Waals surface area contributed by atoms with Crippen LogP contribution in [0.5, 0.6) is 5.75 Å². The van der Waals surface area contributed by atoms with E-state index < -0.39 is 10.0 Å². The van der Waals surface area contributed by atoms with Crippen LogP contribution in [0.2, 0.25) is 0 Å². The first-order valence-corrected chi connectivity index (χ1v) is 7.97. The van der Waals surface area contributed by atoms with Crippen molar-refractivity contribution in [2.45, 2.75) is 30.2 Å². The van der Waals surface area contributed by atoms with E-state index in [1.54, 1.807) is 31.4 Å². The van der Waals surface area contributed by atoms with Crippen LogP contribution in [0.1, 0.15) is 19.3 Å². The third-order valence-electron chi connectivity index (χ3n) is 3.24. The lowest BCUT2D eigenvalue weighted by Crippen LogP contribution is -2.40. The van der Waals surface area contributed by atoms with Crippen molar-refractivity contribution < 1.29 is 13.2 Å². The van der Waals surface area contributed by atoms with Crippen LogP contribution >= 0.6 is 0 Å². The molecule has 0 bridgehead atoms. The number of sulfonamides is 1. The highest BCUT2D eigenvalue weighted by Crippen LogP contribution is 2.16. The number of methoxy groups -OCH3 is 1. The Hall–Kier alpha value is -1.11. The number of rotatable bonds is 4. The van der Waals surface area contributed by atoms with Gasteiger partial charge in [-0.15, -0.1) is 0 Å². The van der Waals surface area contributed by atoms with Gasteiger partial charge in [0.15, 0.2) is 0 Å². The summed E-state index contributed by atoms with van der Waals surface area (Å²) in [5, 5.41) is 3.24. The third-order valence-corrected chi connectivity index (χ3v) is 4.77. The molecule has 1 fully saturated rings. The second-order valence-electron chi connectivity index (χ2n) is 4.69. The fraction of sp³-hybridized carbons (Fsp3) is 0.538. The van der Waals surface area contributed by atoms with Gasteiger partial charge in [0.05, 0.1) is 12.0 Å².